The fourth-order valence-corrected chi connectivity index (χ4v) is 3.99. The Hall–Kier alpha value is -1.67. The minimum Gasteiger partial charge on any atom is -0.494 e. The van der Waals surface area contributed by atoms with Crippen LogP contribution in [0.25, 0.3) is 0 Å². The molecule has 0 aliphatic carbocycles. The summed E-state index contributed by atoms with van der Waals surface area (Å²) in [6.07, 6.45) is 6.60. The van der Waals surface area contributed by atoms with E-state index >= 15 is 0 Å². The van der Waals surface area contributed by atoms with Crippen LogP contribution in [0.5, 0.6) is 5.75 Å². The van der Waals surface area contributed by atoms with E-state index in [1.165, 1.54) is 5.56 Å². The van der Waals surface area contributed by atoms with Gasteiger partial charge in [-0.3, -0.25) is 9.80 Å². The van der Waals surface area contributed by atoms with E-state index in [0.717, 1.165) is 55.6 Å². The van der Waals surface area contributed by atoms with Crippen molar-refractivity contribution in [3.63, 3.8) is 0 Å². The summed E-state index contributed by atoms with van der Waals surface area (Å²) in [7, 11) is 0. The number of rotatable bonds is 9. The summed E-state index contributed by atoms with van der Waals surface area (Å²) in [5.74, 6) is 0.959. The van der Waals surface area contributed by atoms with Crippen LogP contribution in [0.4, 0.5) is 0 Å². The molecular formula is C21H30N4O2S. The Morgan fingerprint density at radius 3 is 2.68 bits per heavy atom. The number of para-hydroxylation sites is 1. The van der Waals surface area contributed by atoms with Crippen LogP contribution in [0.1, 0.15) is 24.5 Å². The SMILES string of the molecule is CCOc1ccccc1CN1CCN(Cc2cnc(SC)nc2)CC1CCO. The molecule has 1 aliphatic heterocycles. The zero-order valence-electron chi connectivity index (χ0n) is 16.8. The standard InChI is InChI=1S/C21H30N4O2S/c1-3-27-20-7-5-4-6-18(20)15-25-10-9-24(16-19(25)8-11-26)14-17-12-22-21(28-2)23-13-17/h4-7,12-13,19,26H,3,8-11,14-16H2,1-2H3. The maximum Gasteiger partial charge on any atom is 0.187 e. The number of ether oxygens (including phenoxy) is 1. The Bertz CT molecular complexity index is 729. The molecule has 1 aliphatic rings. The maximum atomic E-state index is 9.58. The number of piperazine rings is 1. The predicted octanol–water partition coefficient (Wildman–Crippen LogP) is 2.67. The molecule has 152 valence electrons. The molecule has 1 aromatic heterocycles. The largest absolute Gasteiger partial charge is 0.494 e. The Morgan fingerprint density at radius 2 is 1.96 bits per heavy atom. The highest BCUT2D eigenvalue weighted by molar-refractivity contribution is 7.98. The zero-order chi connectivity index (χ0) is 19.8. The maximum absolute atomic E-state index is 9.58. The molecule has 0 amide bonds. The number of hydrogen-bond donors (Lipinski definition) is 1. The van der Waals surface area contributed by atoms with Crippen LogP contribution in [-0.4, -0.2) is 70.0 Å². The van der Waals surface area contributed by atoms with Gasteiger partial charge in [0.25, 0.3) is 0 Å². The van der Waals surface area contributed by atoms with Crippen molar-refractivity contribution in [3.8, 4) is 5.75 Å². The molecule has 28 heavy (non-hydrogen) atoms. The highest BCUT2D eigenvalue weighted by Gasteiger charge is 2.27. The fraction of sp³-hybridized carbons (Fsp3) is 0.524. The van der Waals surface area contributed by atoms with Crippen molar-refractivity contribution >= 4 is 11.8 Å². The van der Waals surface area contributed by atoms with Gasteiger partial charge in [-0.1, -0.05) is 30.0 Å². The normalized spacial score (nSPS) is 18.3. The second-order valence-electron chi connectivity index (χ2n) is 6.99. The van der Waals surface area contributed by atoms with Crippen LogP contribution in [-0.2, 0) is 13.1 Å². The number of benzene rings is 1. The van der Waals surface area contributed by atoms with Crippen LogP contribution in [0.2, 0.25) is 0 Å². The molecule has 1 unspecified atom stereocenters. The van der Waals surface area contributed by atoms with Gasteiger partial charge in [0.15, 0.2) is 5.16 Å². The number of thioether (sulfide) groups is 1. The highest BCUT2D eigenvalue weighted by Crippen LogP contribution is 2.24. The molecule has 6 nitrogen and oxygen atoms in total. The van der Waals surface area contributed by atoms with Crippen LogP contribution < -0.4 is 4.74 Å². The Balaban J connectivity index is 1.63. The first-order chi connectivity index (χ1) is 13.7. The molecular weight excluding hydrogens is 372 g/mol. The highest BCUT2D eigenvalue weighted by atomic mass is 32.2. The Kier molecular flexibility index (Phi) is 8.09. The first-order valence-electron chi connectivity index (χ1n) is 9.86. The molecule has 0 radical (unpaired) electrons. The third-order valence-corrected chi connectivity index (χ3v) is 5.64. The van der Waals surface area contributed by atoms with Crippen molar-refractivity contribution in [2.45, 2.75) is 37.6 Å². The molecule has 7 heteroatoms. The molecule has 1 saturated heterocycles. The van der Waals surface area contributed by atoms with Gasteiger partial charge in [0.05, 0.1) is 6.61 Å². The van der Waals surface area contributed by atoms with Gasteiger partial charge in [-0.25, -0.2) is 9.97 Å². The van der Waals surface area contributed by atoms with E-state index in [0.29, 0.717) is 12.6 Å². The van der Waals surface area contributed by atoms with E-state index in [9.17, 15) is 5.11 Å². The lowest BCUT2D eigenvalue weighted by Crippen LogP contribution is -2.52. The fourth-order valence-electron chi connectivity index (χ4n) is 3.67. The molecule has 3 rings (SSSR count). The molecule has 1 N–H and O–H groups in total. The lowest BCUT2D eigenvalue weighted by molar-refractivity contribution is 0.0493. The minimum absolute atomic E-state index is 0.202. The molecule has 2 aromatic rings. The van der Waals surface area contributed by atoms with E-state index in [2.05, 4.69) is 31.9 Å². The summed E-state index contributed by atoms with van der Waals surface area (Å²) < 4.78 is 5.79. The lowest BCUT2D eigenvalue weighted by Gasteiger charge is -2.41. The first-order valence-corrected chi connectivity index (χ1v) is 11.1. The minimum atomic E-state index is 0.202. The van der Waals surface area contributed by atoms with Crippen LogP contribution in [0, 0.1) is 0 Å². The van der Waals surface area contributed by atoms with Gasteiger partial charge in [0.2, 0.25) is 0 Å². The second-order valence-corrected chi connectivity index (χ2v) is 7.76. The number of hydrogen-bond acceptors (Lipinski definition) is 7. The number of aromatic nitrogens is 2. The summed E-state index contributed by atoms with van der Waals surface area (Å²) in [5.41, 5.74) is 2.34. The second kappa shape index (κ2) is 10.8. The smallest absolute Gasteiger partial charge is 0.187 e. The first kappa shape index (κ1) is 21.0. The van der Waals surface area contributed by atoms with Crippen molar-refractivity contribution in [2.75, 3.05) is 39.1 Å². The van der Waals surface area contributed by atoms with Crippen molar-refractivity contribution in [2.24, 2.45) is 0 Å². The van der Waals surface area contributed by atoms with Crippen molar-refractivity contribution in [1.29, 1.82) is 0 Å². The van der Waals surface area contributed by atoms with Crippen LogP contribution >= 0.6 is 11.8 Å². The summed E-state index contributed by atoms with van der Waals surface area (Å²) >= 11 is 1.56. The van der Waals surface area contributed by atoms with Crippen molar-refractivity contribution in [3.05, 3.63) is 47.8 Å². The summed E-state index contributed by atoms with van der Waals surface area (Å²) in [6.45, 7) is 7.47. The molecule has 1 aromatic carbocycles. The zero-order valence-corrected chi connectivity index (χ0v) is 17.6. The van der Waals surface area contributed by atoms with Gasteiger partial charge < -0.3 is 9.84 Å². The van der Waals surface area contributed by atoms with E-state index < -0.39 is 0 Å². The van der Waals surface area contributed by atoms with Gasteiger partial charge in [-0.15, -0.1) is 0 Å². The predicted molar refractivity (Wildman–Crippen MR) is 113 cm³/mol. The number of aliphatic hydroxyl groups is 1. The van der Waals surface area contributed by atoms with Crippen molar-refractivity contribution in [1.82, 2.24) is 19.8 Å². The van der Waals surface area contributed by atoms with Crippen molar-refractivity contribution < 1.29 is 9.84 Å². The third-order valence-electron chi connectivity index (χ3n) is 5.07. The third kappa shape index (κ3) is 5.67. The monoisotopic (exact) mass is 402 g/mol. The summed E-state index contributed by atoms with van der Waals surface area (Å²) in [6, 6.07) is 8.57. The van der Waals surface area contributed by atoms with Gasteiger partial charge in [0.1, 0.15) is 5.75 Å². The van der Waals surface area contributed by atoms with Crippen LogP contribution in [0.15, 0.2) is 41.8 Å². The molecule has 1 fully saturated rings. The van der Waals surface area contributed by atoms with Gasteiger partial charge in [-0.05, 0) is 25.7 Å². The Labute approximate surface area is 171 Å². The Morgan fingerprint density at radius 1 is 1.18 bits per heavy atom. The van der Waals surface area contributed by atoms with E-state index in [1.54, 1.807) is 11.8 Å². The van der Waals surface area contributed by atoms with Gasteiger partial charge in [-0.2, -0.15) is 0 Å². The molecule has 0 spiro atoms. The molecule has 2 heterocycles. The summed E-state index contributed by atoms with van der Waals surface area (Å²) in [4.78, 5) is 13.7. The average molecular weight is 403 g/mol. The summed E-state index contributed by atoms with van der Waals surface area (Å²) in [5, 5.41) is 10.4. The van der Waals surface area contributed by atoms with Gasteiger partial charge >= 0.3 is 0 Å². The molecule has 0 bridgehead atoms. The average Bonchev–Trinajstić information content (AvgIpc) is 2.72. The van der Waals surface area contributed by atoms with Crippen LogP contribution in [0.3, 0.4) is 0 Å². The molecule has 0 saturated carbocycles. The van der Waals surface area contributed by atoms with E-state index in [-0.39, 0.29) is 6.61 Å². The van der Waals surface area contributed by atoms with E-state index in [1.807, 2.05) is 37.7 Å². The van der Waals surface area contributed by atoms with E-state index in [4.69, 9.17) is 4.74 Å². The quantitative estimate of drug-likeness (QED) is 0.511. The molecule has 1 atom stereocenters. The topological polar surface area (TPSA) is 61.7 Å². The lowest BCUT2D eigenvalue weighted by atomic mass is 10.1. The number of aliphatic hydroxyl groups excluding tert-OH is 1. The number of nitrogens with zero attached hydrogens (tertiary/aromatic N) is 4. The van der Waals surface area contributed by atoms with Gasteiger partial charge in [0, 0.05) is 68.9 Å².